The predicted molar refractivity (Wildman–Crippen MR) is 48.4 cm³/mol. The average Bonchev–Trinajstić information content (AvgIpc) is 1.83. The Morgan fingerprint density at radius 2 is 1.89 bits per heavy atom. The van der Waals surface area contributed by atoms with Gasteiger partial charge in [0.1, 0.15) is 0 Å². The van der Waals surface area contributed by atoms with Gasteiger partial charge in [0.2, 0.25) is 0 Å². The zero-order valence-corrected chi connectivity index (χ0v) is 9.05. The minimum absolute atomic E-state index is 0.942. The first kappa shape index (κ1) is 7.76. The van der Waals surface area contributed by atoms with Crippen molar-refractivity contribution < 1.29 is 0 Å². The lowest BCUT2D eigenvalue weighted by Gasteiger charge is -1.95. The summed E-state index contributed by atoms with van der Waals surface area (Å²) in [5.74, 6) is 0. The number of rotatable bonds is 0. The molecule has 1 aromatic carbocycles. The first-order chi connectivity index (χ1) is 4.22. The van der Waals surface area contributed by atoms with Gasteiger partial charge in [-0.3, -0.25) is 0 Å². The van der Waals surface area contributed by atoms with E-state index in [-0.39, 0.29) is 0 Å². The fourth-order valence-corrected chi connectivity index (χ4v) is 1.62. The maximum absolute atomic E-state index is 3.35. The van der Waals surface area contributed by atoms with E-state index in [4.69, 9.17) is 0 Å². The Hall–Kier alpha value is 0.660. The van der Waals surface area contributed by atoms with Gasteiger partial charge in [-0.05, 0) is 59.9 Å². The normalized spacial score (nSPS) is 9.67. The maximum atomic E-state index is 3.35. The Bertz CT molecular complexity index is 199. The van der Waals surface area contributed by atoms with Gasteiger partial charge >= 0.3 is 0 Å². The zero-order chi connectivity index (χ0) is 6.85. The van der Waals surface area contributed by atoms with Crippen LogP contribution in [0.5, 0.6) is 0 Å². The number of benzene rings is 1. The van der Waals surface area contributed by atoms with Crippen molar-refractivity contribution >= 4 is 47.8 Å². The summed E-state index contributed by atoms with van der Waals surface area (Å²) < 4.78 is 2.98. The van der Waals surface area contributed by atoms with Crippen LogP contribution in [0.2, 0.25) is 0 Å². The van der Waals surface area contributed by atoms with Gasteiger partial charge in [-0.1, -0.05) is 6.07 Å². The largest absolute Gasteiger partial charge is 0.0520 e. The summed E-state index contributed by atoms with van der Waals surface area (Å²) in [5, 5.41) is 0. The molecule has 0 aliphatic rings. The van der Waals surface area contributed by atoms with Crippen LogP contribution >= 0.6 is 47.8 Å². The molecule has 0 aromatic heterocycles. The first-order valence-corrected chi connectivity index (χ1v) is 4.61. The molecule has 0 aliphatic heterocycles. The molecular formula is C6H2Br3. The van der Waals surface area contributed by atoms with Crippen LogP contribution in [0.15, 0.2) is 25.6 Å². The van der Waals surface area contributed by atoms with Crippen LogP contribution in [0.1, 0.15) is 0 Å². The second-order valence-corrected chi connectivity index (χ2v) is 3.89. The van der Waals surface area contributed by atoms with E-state index in [1.165, 1.54) is 0 Å². The molecule has 0 nitrogen and oxygen atoms in total. The third kappa shape index (κ3) is 1.79. The summed E-state index contributed by atoms with van der Waals surface area (Å²) >= 11 is 10.0. The Morgan fingerprint density at radius 1 is 1.22 bits per heavy atom. The monoisotopic (exact) mass is 311 g/mol. The SMILES string of the molecule is Brc1[c]ccc(Br)c1Br. The van der Waals surface area contributed by atoms with Gasteiger partial charge in [-0.15, -0.1) is 0 Å². The molecule has 1 aromatic rings. The van der Waals surface area contributed by atoms with Crippen molar-refractivity contribution in [2.24, 2.45) is 0 Å². The third-order valence-corrected chi connectivity index (χ3v) is 4.02. The van der Waals surface area contributed by atoms with E-state index in [0.29, 0.717) is 0 Å². The molecule has 0 saturated carbocycles. The van der Waals surface area contributed by atoms with Crippen molar-refractivity contribution in [2.75, 3.05) is 0 Å². The van der Waals surface area contributed by atoms with Crippen molar-refractivity contribution in [1.29, 1.82) is 0 Å². The topological polar surface area (TPSA) is 0 Å². The minimum Gasteiger partial charge on any atom is -0.0520 e. The molecule has 0 bridgehead atoms. The third-order valence-electron chi connectivity index (χ3n) is 0.842. The molecule has 1 rings (SSSR count). The van der Waals surface area contributed by atoms with Gasteiger partial charge in [0.15, 0.2) is 0 Å². The fourth-order valence-electron chi connectivity index (χ4n) is 0.429. The van der Waals surface area contributed by atoms with Crippen molar-refractivity contribution in [3.8, 4) is 0 Å². The van der Waals surface area contributed by atoms with Crippen LogP contribution in [0.25, 0.3) is 0 Å². The molecule has 0 fully saturated rings. The molecular weight excluding hydrogens is 312 g/mol. The molecule has 3 heteroatoms. The van der Waals surface area contributed by atoms with E-state index >= 15 is 0 Å². The molecule has 0 aliphatic carbocycles. The van der Waals surface area contributed by atoms with Gasteiger partial charge in [0.05, 0.1) is 0 Å². The lowest BCUT2D eigenvalue weighted by atomic mass is 10.4. The molecule has 0 amide bonds. The highest BCUT2D eigenvalue weighted by Crippen LogP contribution is 2.29. The highest BCUT2D eigenvalue weighted by Gasteiger charge is 1.97. The lowest BCUT2D eigenvalue weighted by molar-refractivity contribution is 1.53. The molecule has 1 radical (unpaired) electrons. The molecule has 0 unspecified atom stereocenters. The van der Waals surface area contributed by atoms with E-state index in [2.05, 4.69) is 53.9 Å². The Labute approximate surface area is 79.0 Å². The minimum atomic E-state index is 0.942. The number of hydrogen-bond acceptors (Lipinski definition) is 0. The number of hydrogen-bond donors (Lipinski definition) is 0. The number of halogens is 3. The summed E-state index contributed by atoms with van der Waals surface area (Å²) in [6, 6.07) is 6.75. The molecule has 0 N–H and O–H groups in total. The smallest absolute Gasteiger partial charge is 0.0465 e. The fraction of sp³-hybridized carbons (Fsp3) is 0. The van der Waals surface area contributed by atoms with Crippen molar-refractivity contribution in [2.45, 2.75) is 0 Å². The predicted octanol–water partition coefficient (Wildman–Crippen LogP) is 3.77. The summed E-state index contributed by atoms with van der Waals surface area (Å²) in [6.45, 7) is 0. The molecule has 0 saturated heterocycles. The Balaban J connectivity index is 3.25. The molecule has 9 heavy (non-hydrogen) atoms. The average molecular weight is 314 g/mol. The van der Waals surface area contributed by atoms with Gasteiger partial charge in [-0.2, -0.15) is 0 Å². The van der Waals surface area contributed by atoms with E-state index in [1.54, 1.807) is 0 Å². The zero-order valence-electron chi connectivity index (χ0n) is 4.29. The lowest BCUT2D eigenvalue weighted by Crippen LogP contribution is -1.69. The van der Waals surface area contributed by atoms with Crippen molar-refractivity contribution in [1.82, 2.24) is 0 Å². The van der Waals surface area contributed by atoms with Crippen molar-refractivity contribution in [3.05, 3.63) is 31.6 Å². The van der Waals surface area contributed by atoms with Crippen molar-refractivity contribution in [3.63, 3.8) is 0 Å². The molecule has 0 atom stereocenters. The summed E-state index contributed by atoms with van der Waals surface area (Å²) in [4.78, 5) is 0. The summed E-state index contributed by atoms with van der Waals surface area (Å²) in [7, 11) is 0. The van der Waals surface area contributed by atoms with E-state index in [9.17, 15) is 0 Å². The second-order valence-electron chi connectivity index (χ2n) is 1.45. The van der Waals surface area contributed by atoms with Gasteiger partial charge in [-0.25, -0.2) is 0 Å². The van der Waals surface area contributed by atoms with Gasteiger partial charge in [0, 0.05) is 13.4 Å². The van der Waals surface area contributed by atoms with Gasteiger partial charge in [0.25, 0.3) is 0 Å². The van der Waals surface area contributed by atoms with Crippen LogP contribution in [-0.2, 0) is 0 Å². The van der Waals surface area contributed by atoms with Gasteiger partial charge < -0.3 is 0 Å². The Morgan fingerprint density at radius 3 is 2.33 bits per heavy atom. The van der Waals surface area contributed by atoms with Crippen LogP contribution < -0.4 is 0 Å². The highest BCUT2D eigenvalue weighted by atomic mass is 79.9. The van der Waals surface area contributed by atoms with Crippen LogP contribution in [-0.4, -0.2) is 0 Å². The van der Waals surface area contributed by atoms with Crippen LogP contribution in [0.4, 0.5) is 0 Å². The highest BCUT2D eigenvalue weighted by molar-refractivity contribution is 9.14. The van der Waals surface area contributed by atoms with Crippen LogP contribution in [0, 0.1) is 6.07 Å². The Kier molecular flexibility index (Phi) is 2.73. The molecule has 0 heterocycles. The second kappa shape index (κ2) is 3.17. The molecule has 47 valence electrons. The quantitative estimate of drug-likeness (QED) is 0.640. The standard InChI is InChI=1S/C6H2Br3/c7-4-2-1-3-5(8)6(4)9/h1-2H. The maximum Gasteiger partial charge on any atom is 0.0465 e. The first-order valence-electron chi connectivity index (χ1n) is 2.23. The van der Waals surface area contributed by atoms with E-state index < -0.39 is 0 Å². The summed E-state index contributed by atoms with van der Waals surface area (Å²) in [6.07, 6.45) is 0. The van der Waals surface area contributed by atoms with Crippen LogP contribution in [0.3, 0.4) is 0 Å². The molecule has 0 spiro atoms. The van der Waals surface area contributed by atoms with E-state index in [0.717, 1.165) is 13.4 Å². The summed E-state index contributed by atoms with van der Waals surface area (Å²) in [5.41, 5.74) is 0. The van der Waals surface area contributed by atoms with E-state index in [1.807, 2.05) is 12.1 Å².